The molecule has 0 atom stereocenters. The predicted octanol–water partition coefficient (Wildman–Crippen LogP) is 4.33. The molecule has 1 rings (SSSR count). The zero-order valence-electron chi connectivity index (χ0n) is 9.66. The van der Waals surface area contributed by atoms with Crippen LogP contribution in [-0.2, 0) is 0 Å². The zero-order valence-corrected chi connectivity index (χ0v) is 9.66. The normalized spacial score (nSPS) is 12.7. The third kappa shape index (κ3) is 3.62. The van der Waals surface area contributed by atoms with Crippen molar-refractivity contribution in [2.24, 2.45) is 0 Å². The van der Waals surface area contributed by atoms with Crippen molar-refractivity contribution in [1.29, 1.82) is 0 Å². The smallest absolute Gasteiger partial charge is 0.127 e. The summed E-state index contributed by atoms with van der Waals surface area (Å²) >= 11 is 0. The van der Waals surface area contributed by atoms with E-state index in [-0.39, 0.29) is 0 Å². The number of hydrogen-bond donors (Lipinski definition) is 0. The summed E-state index contributed by atoms with van der Waals surface area (Å²) in [6.45, 7) is 6.22. The van der Waals surface area contributed by atoms with Crippen LogP contribution in [0.3, 0.4) is 0 Å². The Hall–Kier alpha value is -1.50. The van der Waals surface area contributed by atoms with E-state index in [4.69, 9.17) is 4.74 Å². The number of hydrogen-bond acceptors (Lipinski definition) is 1. The van der Waals surface area contributed by atoms with Gasteiger partial charge in [-0.05, 0) is 44.1 Å². The van der Waals surface area contributed by atoms with Gasteiger partial charge in [-0.1, -0.05) is 31.2 Å². The molecule has 0 aliphatic heterocycles. The van der Waals surface area contributed by atoms with Crippen LogP contribution in [0.25, 0.3) is 0 Å². The molecule has 0 saturated heterocycles. The van der Waals surface area contributed by atoms with Gasteiger partial charge in [-0.2, -0.15) is 0 Å². The number of benzene rings is 1. The van der Waals surface area contributed by atoms with E-state index in [2.05, 4.69) is 13.8 Å². The molecule has 0 N–H and O–H groups in total. The molecule has 1 heteroatoms. The van der Waals surface area contributed by atoms with E-state index in [0.717, 1.165) is 17.9 Å². The standard InChI is InChI=1S/C14H18O/c1-4-9-14(12(3)5-2)15-13-10-7-6-8-11-13/h4,6-11H,5H2,1-3H3/b9-4-,14-12+. The molecule has 0 unspecified atom stereocenters. The molecule has 0 spiro atoms. The van der Waals surface area contributed by atoms with Gasteiger partial charge in [0.15, 0.2) is 0 Å². The second-order valence-electron chi connectivity index (χ2n) is 3.41. The van der Waals surface area contributed by atoms with E-state index in [1.807, 2.05) is 49.4 Å². The molecule has 0 aliphatic carbocycles. The average molecular weight is 202 g/mol. The molecule has 0 heterocycles. The summed E-state index contributed by atoms with van der Waals surface area (Å²) in [7, 11) is 0. The maximum Gasteiger partial charge on any atom is 0.127 e. The largest absolute Gasteiger partial charge is 0.457 e. The van der Waals surface area contributed by atoms with Crippen LogP contribution in [0.4, 0.5) is 0 Å². The lowest BCUT2D eigenvalue weighted by atomic mass is 10.2. The monoisotopic (exact) mass is 202 g/mol. The van der Waals surface area contributed by atoms with Crippen molar-refractivity contribution in [2.75, 3.05) is 0 Å². The van der Waals surface area contributed by atoms with Crippen molar-refractivity contribution in [3.05, 3.63) is 53.8 Å². The van der Waals surface area contributed by atoms with Crippen molar-refractivity contribution < 1.29 is 4.74 Å². The van der Waals surface area contributed by atoms with Gasteiger partial charge < -0.3 is 4.74 Å². The number of para-hydroxylation sites is 1. The molecule has 15 heavy (non-hydrogen) atoms. The Bertz CT molecular complexity index is 347. The fourth-order valence-corrected chi connectivity index (χ4v) is 1.20. The fraction of sp³-hybridized carbons (Fsp3) is 0.286. The fourth-order valence-electron chi connectivity index (χ4n) is 1.20. The molecule has 1 aromatic rings. The number of allylic oxidation sites excluding steroid dienone is 3. The van der Waals surface area contributed by atoms with Crippen LogP contribution in [0, 0.1) is 0 Å². The highest BCUT2D eigenvalue weighted by Gasteiger charge is 2.00. The molecule has 0 bridgehead atoms. The molecule has 0 amide bonds. The van der Waals surface area contributed by atoms with Gasteiger partial charge in [0.05, 0.1) is 0 Å². The Labute approximate surface area is 92.1 Å². The summed E-state index contributed by atoms with van der Waals surface area (Å²) in [6.07, 6.45) is 5.01. The first-order valence-electron chi connectivity index (χ1n) is 5.33. The Balaban J connectivity index is 2.86. The van der Waals surface area contributed by atoms with Gasteiger partial charge in [0.2, 0.25) is 0 Å². The molecule has 0 aliphatic rings. The van der Waals surface area contributed by atoms with Crippen LogP contribution < -0.4 is 4.74 Å². The molecule has 0 fully saturated rings. The van der Waals surface area contributed by atoms with Crippen LogP contribution in [0.1, 0.15) is 27.2 Å². The minimum atomic E-state index is 0.887. The minimum absolute atomic E-state index is 0.887. The molecular formula is C14H18O. The Morgan fingerprint density at radius 3 is 2.47 bits per heavy atom. The predicted molar refractivity (Wildman–Crippen MR) is 64.9 cm³/mol. The second kappa shape index (κ2) is 6.07. The van der Waals surface area contributed by atoms with E-state index in [9.17, 15) is 0 Å². The molecule has 0 radical (unpaired) electrons. The Morgan fingerprint density at radius 2 is 1.93 bits per heavy atom. The summed E-state index contributed by atoms with van der Waals surface area (Å²) in [4.78, 5) is 0. The van der Waals surface area contributed by atoms with E-state index in [0.29, 0.717) is 0 Å². The lowest BCUT2D eigenvalue weighted by molar-refractivity contribution is 0.436. The third-order valence-corrected chi connectivity index (χ3v) is 2.24. The highest BCUT2D eigenvalue weighted by Crippen LogP contribution is 2.17. The first-order chi connectivity index (χ1) is 7.27. The van der Waals surface area contributed by atoms with Gasteiger partial charge in [0.1, 0.15) is 11.5 Å². The van der Waals surface area contributed by atoms with Gasteiger partial charge >= 0.3 is 0 Å². The van der Waals surface area contributed by atoms with Crippen LogP contribution in [0.15, 0.2) is 53.8 Å². The molecule has 80 valence electrons. The second-order valence-corrected chi connectivity index (χ2v) is 3.41. The minimum Gasteiger partial charge on any atom is -0.457 e. The van der Waals surface area contributed by atoms with Crippen molar-refractivity contribution in [1.82, 2.24) is 0 Å². The van der Waals surface area contributed by atoms with Crippen molar-refractivity contribution >= 4 is 0 Å². The summed E-state index contributed by atoms with van der Waals surface area (Å²) in [6, 6.07) is 9.87. The highest BCUT2D eigenvalue weighted by atomic mass is 16.5. The van der Waals surface area contributed by atoms with E-state index < -0.39 is 0 Å². The lowest BCUT2D eigenvalue weighted by Crippen LogP contribution is -1.95. The average Bonchev–Trinajstić information content (AvgIpc) is 2.29. The van der Waals surface area contributed by atoms with Gasteiger partial charge in [-0.3, -0.25) is 0 Å². The summed E-state index contributed by atoms with van der Waals surface area (Å²) in [5.74, 6) is 1.84. The zero-order chi connectivity index (χ0) is 11.1. The van der Waals surface area contributed by atoms with Gasteiger partial charge in [0, 0.05) is 0 Å². The first kappa shape index (κ1) is 11.6. The van der Waals surface area contributed by atoms with Crippen LogP contribution in [0.2, 0.25) is 0 Å². The van der Waals surface area contributed by atoms with E-state index >= 15 is 0 Å². The topological polar surface area (TPSA) is 9.23 Å². The van der Waals surface area contributed by atoms with Crippen LogP contribution in [0.5, 0.6) is 5.75 Å². The lowest BCUT2D eigenvalue weighted by Gasteiger charge is -2.09. The Kier molecular flexibility index (Phi) is 4.69. The summed E-state index contributed by atoms with van der Waals surface area (Å²) in [5.41, 5.74) is 1.26. The van der Waals surface area contributed by atoms with E-state index in [1.165, 1.54) is 5.57 Å². The van der Waals surface area contributed by atoms with Crippen molar-refractivity contribution in [2.45, 2.75) is 27.2 Å². The molecule has 1 aromatic carbocycles. The first-order valence-corrected chi connectivity index (χ1v) is 5.33. The maximum absolute atomic E-state index is 5.80. The van der Waals surface area contributed by atoms with Crippen molar-refractivity contribution in [3.8, 4) is 5.75 Å². The third-order valence-electron chi connectivity index (χ3n) is 2.24. The van der Waals surface area contributed by atoms with E-state index in [1.54, 1.807) is 0 Å². The highest BCUT2D eigenvalue weighted by molar-refractivity contribution is 5.28. The van der Waals surface area contributed by atoms with Gasteiger partial charge in [-0.25, -0.2) is 0 Å². The summed E-state index contributed by atoms with van der Waals surface area (Å²) < 4.78 is 5.80. The number of ether oxygens (including phenoxy) is 1. The van der Waals surface area contributed by atoms with Gasteiger partial charge in [0.25, 0.3) is 0 Å². The quantitative estimate of drug-likeness (QED) is 0.521. The molecule has 0 aromatic heterocycles. The summed E-state index contributed by atoms with van der Waals surface area (Å²) in [5, 5.41) is 0. The molecule has 1 nitrogen and oxygen atoms in total. The maximum atomic E-state index is 5.80. The molecular weight excluding hydrogens is 184 g/mol. The van der Waals surface area contributed by atoms with Crippen LogP contribution in [-0.4, -0.2) is 0 Å². The molecule has 0 saturated carbocycles. The van der Waals surface area contributed by atoms with Crippen molar-refractivity contribution in [3.63, 3.8) is 0 Å². The van der Waals surface area contributed by atoms with Crippen LogP contribution >= 0.6 is 0 Å². The SMILES string of the molecule is C/C=C\C(Oc1ccccc1)=C(\C)CC. The van der Waals surface area contributed by atoms with Gasteiger partial charge in [-0.15, -0.1) is 0 Å². The number of rotatable bonds is 4. The Morgan fingerprint density at radius 1 is 1.27 bits per heavy atom.